The van der Waals surface area contributed by atoms with E-state index in [0.29, 0.717) is 0 Å². The van der Waals surface area contributed by atoms with E-state index >= 15 is 0 Å². The van der Waals surface area contributed by atoms with Crippen molar-refractivity contribution in [3.63, 3.8) is 0 Å². The average Bonchev–Trinajstić information content (AvgIpc) is 4.17. The van der Waals surface area contributed by atoms with Gasteiger partial charge in [-0.15, -0.1) is 0 Å². The number of benzene rings is 12. The van der Waals surface area contributed by atoms with Crippen LogP contribution >= 0.6 is 0 Å². The van der Waals surface area contributed by atoms with Crippen molar-refractivity contribution < 1.29 is 0 Å². The van der Waals surface area contributed by atoms with E-state index in [1.807, 2.05) is 0 Å². The molecule has 76 heavy (non-hydrogen) atoms. The van der Waals surface area contributed by atoms with Gasteiger partial charge in [0.15, 0.2) is 0 Å². The van der Waals surface area contributed by atoms with Crippen molar-refractivity contribution in [3.8, 4) is 55.9 Å². The van der Waals surface area contributed by atoms with Crippen molar-refractivity contribution in [1.29, 1.82) is 0 Å². The number of rotatable bonds is 8. The zero-order valence-corrected chi connectivity index (χ0v) is 42.3. The topological polar surface area (TPSA) is 13.1 Å². The van der Waals surface area contributed by atoms with E-state index in [9.17, 15) is 0 Å². The first-order valence-electron chi connectivity index (χ1n) is 26.4. The molecule has 0 radical (unpaired) electrons. The molecular weight excluding hydrogens is 919 g/mol. The van der Waals surface area contributed by atoms with Gasteiger partial charge in [-0.25, -0.2) is 0 Å². The second-order valence-corrected chi connectivity index (χ2v) is 20.9. The Labute approximate surface area is 442 Å². The van der Waals surface area contributed by atoms with Gasteiger partial charge < -0.3 is 14.0 Å². The van der Waals surface area contributed by atoms with Gasteiger partial charge in [-0.3, -0.25) is 0 Å². The molecule has 0 bridgehead atoms. The lowest BCUT2D eigenvalue weighted by Crippen LogP contribution is -2.16. The molecule has 12 aromatic carbocycles. The summed E-state index contributed by atoms with van der Waals surface area (Å²) in [7, 11) is 0. The number of anilines is 3. The van der Waals surface area contributed by atoms with E-state index in [-0.39, 0.29) is 5.41 Å². The van der Waals surface area contributed by atoms with E-state index in [0.717, 1.165) is 17.1 Å². The Morgan fingerprint density at radius 3 is 1.43 bits per heavy atom. The molecule has 0 unspecified atom stereocenters. The van der Waals surface area contributed by atoms with Crippen LogP contribution in [0.5, 0.6) is 0 Å². The van der Waals surface area contributed by atoms with Gasteiger partial charge in [-0.1, -0.05) is 196 Å². The summed E-state index contributed by atoms with van der Waals surface area (Å²) in [6.45, 7) is 4.79. The fourth-order valence-corrected chi connectivity index (χ4v) is 12.5. The maximum Gasteiger partial charge on any atom is 0.0547 e. The zero-order valence-electron chi connectivity index (χ0n) is 42.3. The highest BCUT2D eigenvalue weighted by molar-refractivity contribution is 6.12. The third kappa shape index (κ3) is 6.90. The molecule has 2 heterocycles. The Morgan fingerprint density at radius 1 is 0.289 bits per heavy atom. The van der Waals surface area contributed by atoms with Crippen molar-refractivity contribution in [2.24, 2.45) is 0 Å². The van der Waals surface area contributed by atoms with Crippen LogP contribution in [-0.4, -0.2) is 9.13 Å². The number of para-hydroxylation sites is 4. The van der Waals surface area contributed by atoms with Crippen molar-refractivity contribution in [2.75, 3.05) is 4.90 Å². The van der Waals surface area contributed by atoms with E-state index in [1.165, 1.54) is 121 Å². The fraction of sp³-hybridized carbons (Fsp3) is 0.0411. The van der Waals surface area contributed by atoms with Gasteiger partial charge in [0.05, 0.1) is 27.8 Å². The number of fused-ring (bicyclic) bond motifs is 10. The van der Waals surface area contributed by atoms with Gasteiger partial charge in [-0.05, 0) is 152 Å². The first-order valence-corrected chi connectivity index (χ1v) is 26.4. The molecule has 0 N–H and O–H groups in total. The Hall–Kier alpha value is -9.70. The summed E-state index contributed by atoms with van der Waals surface area (Å²) in [5.74, 6) is 0. The molecule has 3 nitrogen and oxygen atoms in total. The first-order chi connectivity index (χ1) is 37.4. The zero-order chi connectivity index (χ0) is 50.5. The van der Waals surface area contributed by atoms with Gasteiger partial charge in [0, 0.05) is 55.1 Å². The molecule has 14 aromatic rings. The van der Waals surface area contributed by atoms with Gasteiger partial charge in [0.1, 0.15) is 0 Å². The average molecular weight is 970 g/mol. The van der Waals surface area contributed by atoms with Crippen LogP contribution in [0.3, 0.4) is 0 Å². The molecule has 2 aromatic heterocycles. The highest BCUT2D eigenvalue weighted by Crippen LogP contribution is 2.52. The number of aromatic nitrogens is 2. The molecule has 0 amide bonds. The van der Waals surface area contributed by atoms with E-state index in [2.05, 4.69) is 301 Å². The number of hydrogen-bond acceptors (Lipinski definition) is 1. The summed E-state index contributed by atoms with van der Waals surface area (Å²) in [5.41, 5.74) is 22.8. The largest absolute Gasteiger partial charge is 0.310 e. The van der Waals surface area contributed by atoms with Crippen LogP contribution < -0.4 is 4.90 Å². The Kier molecular flexibility index (Phi) is 9.92. The van der Waals surface area contributed by atoms with Gasteiger partial charge >= 0.3 is 0 Å². The van der Waals surface area contributed by atoms with Crippen LogP contribution in [0.1, 0.15) is 25.0 Å². The molecule has 0 saturated heterocycles. The molecule has 0 atom stereocenters. The summed E-state index contributed by atoms with van der Waals surface area (Å²) >= 11 is 0. The third-order valence-electron chi connectivity index (χ3n) is 16.3. The number of hydrogen-bond donors (Lipinski definition) is 0. The lowest BCUT2D eigenvalue weighted by Gasteiger charge is -2.29. The highest BCUT2D eigenvalue weighted by Gasteiger charge is 2.36. The lowest BCUT2D eigenvalue weighted by molar-refractivity contribution is 0.660. The molecule has 0 fully saturated rings. The van der Waals surface area contributed by atoms with Gasteiger partial charge in [0.25, 0.3) is 0 Å². The maximum atomic E-state index is 2.45. The molecule has 0 aliphatic heterocycles. The molecule has 3 heteroatoms. The molecule has 15 rings (SSSR count). The molecule has 0 saturated carbocycles. The van der Waals surface area contributed by atoms with Crippen LogP contribution in [-0.2, 0) is 5.41 Å². The predicted molar refractivity (Wildman–Crippen MR) is 321 cm³/mol. The van der Waals surface area contributed by atoms with Crippen LogP contribution in [0.25, 0.3) is 110 Å². The fourth-order valence-electron chi connectivity index (χ4n) is 12.5. The van der Waals surface area contributed by atoms with Gasteiger partial charge in [-0.2, -0.15) is 0 Å². The molecule has 358 valence electrons. The second kappa shape index (κ2) is 17.2. The first kappa shape index (κ1) is 43.8. The summed E-state index contributed by atoms with van der Waals surface area (Å²) in [6.07, 6.45) is 0. The Balaban J connectivity index is 0.770. The van der Waals surface area contributed by atoms with Crippen LogP contribution in [0.15, 0.2) is 273 Å². The van der Waals surface area contributed by atoms with Gasteiger partial charge in [0.2, 0.25) is 0 Å². The smallest absolute Gasteiger partial charge is 0.0547 e. The standard InChI is InChI=1S/C73H51N3/c1-73(2)66-45-53(54-35-41-64-62-23-11-13-25-69(62)76(72(64)46-54)56-20-7-4-8-21-56)34-40-60(66)61-42-39-58(47-67(61)73)74(68-27-15-17-51-16-9-10-22-59(51)68)57-37-32-49(33-38-57)48-28-30-50(31-29-48)52-36-43-71-65(44-52)63-24-12-14-26-70(63)75(71)55-18-5-3-6-19-55/h3-47H,1-2H3. The Morgan fingerprint density at radius 2 is 0.737 bits per heavy atom. The van der Waals surface area contributed by atoms with Crippen molar-refractivity contribution in [2.45, 2.75) is 19.3 Å². The van der Waals surface area contributed by atoms with E-state index in [4.69, 9.17) is 0 Å². The molecule has 1 aliphatic carbocycles. The highest BCUT2D eigenvalue weighted by atomic mass is 15.1. The van der Waals surface area contributed by atoms with E-state index < -0.39 is 0 Å². The minimum Gasteiger partial charge on any atom is -0.310 e. The number of nitrogens with zero attached hydrogens (tertiary/aromatic N) is 3. The monoisotopic (exact) mass is 969 g/mol. The maximum absolute atomic E-state index is 2.45. The van der Waals surface area contributed by atoms with Crippen molar-refractivity contribution >= 4 is 71.4 Å². The molecular formula is C73H51N3. The van der Waals surface area contributed by atoms with Crippen molar-refractivity contribution in [1.82, 2.24) is 9.13 Å². The summed E-state index contributed by atoms with van der Waals surface area (Å²) in [6, 6.07) is 101. The van der Waals surface area contributed by atoms with E-state index in [1.54, 1.807) is 0 Å². The van der Waals surface area contributed by atoms with Crippen molar-refractivity contribution in [3.05, 3.63) is 284 Å². The third-order valence-corrected chi connectivity index (χ3v) is 16.3. The minimum absolute atomic E-state index is 0.243. The van der Waals surface area contributed by atoms with Crippen LogP contribution in [0.2, 0.25) is 0 Å². The quantitative estimate of drug-likeness (QED) is 0.148. The normalized spacial score (nSPS) is 12.7. The minimum atomic E-state index is -0.243. The SMILES string of the molecule is CC1(C)c2cc(-c3ccc4c5ccccc5n(-c5ccccc5)c4c3)ccc2-c2ccc(N(c3ccc(-c4ccc(-c5ccc6c(c5)c5ccccc5n6-c5ccccc5)cc4)cc3)c3cccc4ccccc34)cc21. The summed E-state index contributed by atoms with van der Waals surface area (Å²) in [5, 5.41) is 7.47. The second-order valence-electron chi connectivity index (χ2n) is 20.9. The molecule has 1 aliphatic rings. The predicted octanol–water partition coefficient (Wildman–Crippen LogP) is 19.8. The van der Waals surface area contributed by atoms with Crippen LogP contribution in [0.4, 0.5) is 17.1 Å². The molecule has 0 spiro atoms. The summed E-state index contributed by atoms with van der Waals surface area (Å²) < 4.78 is 4.78. The Bertz CT molecular complexity index is 4570. The van der Waals surface area contributed by atoms with Crippen LogP contribution in [0, 0.1) is 0 Å². The summed E-state index contributed by atoms with van der Waals surface area (Å²) in [4.78, 5) is 2.45. The lowest BCUT2D eigenvalue weighted by atomic mass is 9.81.